The fourth-order valence-corrected chi connectivity index (χ4v) is 4.25. The first-order valence-corrected chi connectivity index (χ1v) is 11.8. The highest BCUT2D eigenvalue weighted by Gasteiger charge is 2.33. The van der Waals surface area contributed by atoms with Crippen molar-refractivity contribution < 1.29 is 14.3 Å². The molecule has 3 aromatic rings. The maximum Gasteiger partial charge on any atom is 0.329 e. The van der Waals surface area contributed by atoms with E-state index in [0.29, 0.717) is 11.3 Å². The van der Waals surface area contributed by atoms with Gasteiger partial charge in [0.25, 0.3) is 5.91 Å². The Labute approximate surface area is 213 Å². The predicted octanol–water partition coefficient (Wildman–Crippen LogP) is 5.60. The summed E-state index contributed by atoms with van der Waals surface area (Å²) in [6, 6.07) is 22.0. The van der Waals surface area contributed by atoms with E-state index in [1.54, 1.807) is 12.1 Å². The summed E-state index contributed by atoms with van der Waals surface area (Å²) in [5.41, 5.74) is 3.24. The third-order valence-electron chi connectivity index (χ3n) is 5.00. The lowest BCUT2D eigenvalue weighted by molar-refractivity contribution is -0.123. The fraction of sp³-hybridized carbons (Fsp3) is 0.0800. The number of nitrogens with zero attached hydrogens (tertiary/aromatic N) is 2. The van der Waals surface area contributed by atoms with Gasteiger partial charge in [-0.2, -0.15) is 5.26 Å². The molecule has 3 aromatic carbocycles. The smallest absolute Gasteiger partial charge is 0.329 e. The minimum absolute atomic E-state index is 0.198. The topological polar surface area (TPSA) is 82.4 Å². The summed E-state index contributed by atoms with van der Waals surface area (Å²) in [6.07, 6.45) is 1.65. The van der Waals surface area contributed by atoms with Gasteiger partial charge in [-0.3, -0.25) is 9.69 Å². The second-order valence-electron chi connectivity index (χ2n) is 7.25. The first kappa shape index (κ1) is 23.0. The van der Waals surface area contributed by atoms with Gasteiger partial charge in [0.2, 0.25) is 0 Å². The van der Waals surface area contributed by atoms with E-state index in [-0.39, 0.29) is 24.8 Å². The second kappa shape index (κ2) is 10.2. The molecule has 0 saturated carbocycles. The highest BCUT2D eigenvalue weighted by Crippen LogP contribution is 2.26. The minimum Gasteiger partial charge on any atom is -0.488 e. The molecule has 3 amide bonds. The number of carbonyl (C=O) groups is 2. The third kappa shape index (κ3) is 5.43. The Bertz CT molecular complexity index is 1300. The van der Waals surface area contributed by atoms with Gasteiger partial charge in [-0.15, -0.1) is 0 Å². The minimum atomic E-state index is -0.444. The van der Waals surface area contributed by atoms with Gasteiger partial charge in [-0.1, -0.05) is 52.3 Å². The molecule has 1 N–H and O–H groups in total. The number of hydrogen-bond donors (Lipinski definition) is 1. The quantitative estimate of drug-likeness (QED) is 0.223. The van der Waals surface area contributed by atoms with Crippen molar-refractivity contribution >= 4 is 56.5 Å². The Balaban J connectivity index is 1.46. The van der Waals surface area contributed by atoms with Crippen LogP contribution in [0.25, 0.3) is 6.08 Å². The molecule has 164 valence electrons. The first-order valence-electron chi connectivity index (χ1n) is 9.94. The molecule has 1 heterocycles. The largest absolute Gasteiger partial charge is 0.488 e. The van der Waals surface area contributed by atoms with Crippen molar-refractivity contribution in [3.63, 3.8) is 0 Å². The van der Waals surface area contributed by atoms with Crippen LogP contribution in [0.1, 0.15) is 22.3 Å². The van der Waals surface area contributed by atoms with Gasteiger partial charge in [-0.05, 0) is 70.1 Å². The molecule has 1 fully saturated rings. The Morgan fingerprint density at radius 1 is 1.09 bits per heavy atom. The highest BCUT2D eigenvalue weighted by atomic mass is 127. The van der Waals surface area contributed by atoms with Crippen molar-refractivity contribution in [3.05, 3.63) is 103 Å². The van der Waals surface area contributed by atoms with E-state index in [9.17, 15) is 14.9 Å². The summed E-state index contributed by atoms with van der Waals surface area (Å²) in [5.74, 6) is 0.301. The van der Waals surface area contributed by atoms with Crippen LogP contribution in [0.4, 0.5) is 4.79 Å². The lowest BCUT2D eigenvalue weighted by Crippen LogP contribution is -2.30. The van der Waals surface area contributed by atoms with Gasteiger partial charge in [0.15, 0.2) is 0 Å². The standard InChI is InChI=1S/C25H17BrIN3O3/c26-20-8-5-16(6-9-20)14-30-24(31)22(29-25(30)32)12-17-7-10-23(21(27)11-17)33-15-19-4-2-1-3-18(19)13-28/h1-12H,14-15H2,(H,29,32)/b22-12+. The molecule has 0 spiro atoms. The Kier molecular flexibility index (Phi) is 7.11. The molecule has 33 heavy (non-hydrogen) atoms. The van der Waals surface area contributed by atoms with Crippen molar-refractivity contribution in [1.29, 1.82) is 5.26 Å². The molecule has 1 aliphatic rings. The molecule has 0 unspecified atom stereocenters. The van der Waals surface area contributed by atoms with Gasteiger partial charge in [0, 0.05) is 10.0 Å². The van der Waals surface area contributed by atoms with Crippen LogP contribution in [0.3, 0.4) is 0 Å². The number of halogens is 2. The van der Waals surface area contributed by atoms with Crippen molar-refractivity contribution in [2.75, 3.05) is 0 Å². The number of imide groups is 1. The van der Waals surface area contributed by atoms with Crippen LogP contribution in [0.5, 0.6) is 5.75 Å². The van der Waals surface area contributed by atoms with Crippen LogP contribution in [-0.2, 0) is 17.9 Å². The summed E-state index contributed by atoms with van der Waals surface area (Å²) < 4.78 is 7.67. The number of urea groups is 1. The molecule has 0 bridgehead atoms. The van der Waals surface area contributed by atoms with Gasteiger partial charge in [0.1, 0.15) is 18.1 Å². The number of benzene rings is 3. The molecular weight excluding hydrogens is 597 g/mol. The maximum absolute atomic E-state index is 12.8. The first-order chi connectivity index (χ1) is 15.9. The van der Waals surface area contributed by atoms with Gasteiger partial charge in [0.05, 0.1) is 21.7 Å². The molecule has 0 aliphatic carbocycles. The molecule has 1 saturated heterocycles. The SMILES string of the molecule is N#Cc1ccccc1COc1ccc(/C=C2/NC(=O)N(Cc3ccc(Br)cc3)C2=O)cc1I. The van der Waals surface area contributed by atoms with Crippen LogP contribution >= 0.6 is 38.5 Å². The molecule has 0 aromatic heterocycles. The Morgan fingerprint density at radius 3 is 2.58 bits per heavy atom. The zero-order chi connectivity index (χ0) is 23.4. The molecule has 6 nitrogen and oxygen atoms in total. The van der Waals surface area contributed by atoms with Crippen molar-refractivity contribution in [3.8, 4) is 11.8 Å². The molecule has 0 radical (unpaired) electrons. The predicted molar refractivity (Wildman–Crippen MR) is 136 cm³/mol. The number of ether oxygens (including phenoxy) is 1. The van der Waals surface area contributed by atoms with Gasteiger partial charge >= 0.3 is 6.03 Å². The van der Waals surface area contributed by atoms with Crippen LogP contribution in [-0.4, -0.2) is 16.8 Å². The molecule has 1 aliphatic heterocycles. The Morgan fingerprint density at radius 2 is 1.85 bits per heavy atom. The van der Waals surface area contributed by atoms with E-state index in [1.807, 2.05) is 60.7 Å². The van der Waals surface area contributed by atoms with E-state index in [1.165, 1.54) is 4.90 Å². The summed E-state index contributed by atoms with van der Waals surface area (Å²) >= 11 is 5.53. The molecule has 8 heteroatoms. The molecule has 4 rings (SSSR count). The summed E-state index contributed by atoms with van der Waals surface area (Å²) in [4.78, 5) is 26.3. The number of hydrogen-bond acceptors (Lipinski definition) is 4. The van der Waals surface area contributed by atoms with E-state index >= 15 is 0 Å². The van der Waals surface area contributed by atoms with Gasteiger partial charge < -0.3 is 10.1 Å². The fourth-order valence-electron chi connectivity index (χ4n) is 3.29. The normalized spacial score (nSPS) is 14.3. The number of nitriles is 1. The van der Waals surface area contributed by atoms with Crippen LogP contribution < -0.4 is 10.1 Å². The van der Waals surface area contributed by atoms with E-state index in [2.05, 4.69) is 49.9 Å². The Hall–Kier alpha value is -3.16. The highest BCUT2D eigenvalue weighted by molar-refractivity contribution is 14.1. The lowest BCUT2D eigenvalue weighted by atomic mass is 10.1. The van der Waals surface area contributed by atoms with Crippen LogP contribution in [0.2, 0.25) is 0 Å². The lowest BCUT2D eigenvalue weighted by Gasteiger charge is -2.11. The number of carbonyl (C=O) groups excluding carboxylic acids is 2. The van der Waals surface area contributed by atoms with Crippen LogP contribution in [0, 0.1) is 14.9 Å². The maximum atomic E-state index is 12.8. The summed E-state index contributed by atoms with van der Waals surface area (Å²) in [7, 11) is 0. The third-order valence-corrected chi connectivity index (χ3v) is 6.38. The second-order valence-corrected chi connectivity index (χ2v) is 9.33. The number of amides is 3. The van der Waals surface area contributed by atoms with Gasteiger partial charge in [-0.25, -0.2) is 4.79 Å². The zero-order valence-corrected chi connectivity index (χ0v) is 21.0. The molecular formula is C25H17BrIN3O3. The monoisotopic (exact) mass is 613 g/mol. The summed E-state index contributed by atoms with van der Waals surface area (Å²) in [6.45, 7) is 0.476. The van der Waals surface area contributed by atoms with Crippen molar-refractivity contribution in [2.45, 2.75) is 13.2 Å². The van der Waals surface area contributed by atoms with Crippen LogP contribution in [0.15, 0.2) is 76.9 Å². The number of rotatable bonds is 6. The van der Waals surface area contributed by atoms with Crippen molar-refractivity contribution in [1.82, 2.24) is 10.2 Å². The average Bonchev–Trinajstić information content (AvgIpc) is 3.07. The zero-order valence-electron chi connectivity index (χ0n) is 17.2. The molecule has 0 atom stereocenters. The van der Waals surface area contributed by atoms with E-state index in [0.717, 1.165) is 24.7 Å². The number of nitrogens with one attached hydrogen (secondary N) is 1. The summed E-state index contributed by atoms with van der Waals surface area (Å²) in [5, 5.41) is 11.9. The van der Waals surface area contributed by atoms with Crippen molar-refractivity contribution in [2.24, 2.45) is 0 Å². The average molecular weight is 614 g/mol. The van der Waals surface area contributed by atoms with E-state index < -0.39 is 6.03 Å². The van der Waals surface area contributed by atoms with E-state index in [4.69, 9.17) is 4.74 Å².